The van der Waals surface area contributed by atoms with Crippen LogP contribution in [0.3, 0.4) is 0 Å². The zero-order valence-corrected chi connectivity index (χ0v) is 10.5. The number of nitriles is 1. The largest absolute Gasteiger partial charge is 0.494 e. The molecule has 0 aromatic heterocycles. The van der Waals surface area contributed by atoms with Crippen molar-refractivity contribution in [2.24, 2.45) is 0 Å². The Morgan fingerprint density at radius 3 is 2.83 bits per heavy atom. The monoisotopic (exact) mass is 248 g/mol. The molecule has 0 aliphatic rings. The molecule has 0 saturated carbocycles. The number of carbonyl (C=O) groups excluding carboxylic acids is 1. The van der Waals surface area contributed by atoms with Crippen LogP contribution in [0.25, 0.3) is 0 Å². The molecule has 1 rings (SSSR count). The number of hydrogen-bond acceptors (Lipinski definition) is 4. The molecule has 96 valence electrons. The molecule has 0 heterocycles. The van der Waals surface area contributed by atoms with E-state index < -0.39 is 6.23 Å². The van der Waals surface area contributed by atoms with Gasteiger partial charge in [0.15, 0.2) is 0 Å². The van der Waals surface area contributed by atoms with E-state index in [1.54, 1.807) is 31.2 Å². The van der Waals surface area contributed by atoms with Crippen LogP contribution in [-0.2, 0) is 4.74 Å². The lowest BCUT2D eigenvalue weighted by Gasteiger charge is -2.11. The first-order valence-corrected chi connectivity index (χ1v) is 5.76. The third-order valence-corrected chi connectivity index (χ3v) is 2.12. The second-order valence-corrected chi connectivity index (χ2v) is 3.40. The van der Waals surface area contributed by atoms with Crippen LogP contribution in [0.15, 0.2) is 24.3 Å². The van der Waals surface area contributed by atoms with Crippen molar-refractivity contribution in [3.63, 3.8) is 0 Å². The van der Waals surface area contributed by atoms with Crippen LogP contribution in [0.4, 0.5) is 0 Å². The summed E-state index contributed by atoms with van der Waals surface area (Å²) >= 11 is 0. The Kier molecular flexibility index (Phi) is 5.68. The first-order chi connectivity index (χ1) is 8.71. The van der Waals surface area contributed by atoms with Gasteiger partial charge in [-0.25, -0.2) is 0 Å². The molecule has 0 fully saturated rings. The van der Waals surface area contributed by atoms with E-state index in [1.165, 1.54) is 0 Å². The van der Waals surface area contributed by atoms with E-state index >= 15 is 0 Å². The van der Waals surface area contributed by atoms with E-state index in [4.69, 9.17) is 14.7 Å². The second-order valence-electron chi connectivity index (χ2n) is 3.40. The summed E-state index contributed by atoms with van der Waals surface area (Å²) in [7, 11) is 0. The first kappa shape index (κ1) is 14.0. The Labute approximate surface area is 106 Å². The average molecular weight is 248 g/mol. The molecule has 0 spiro atoms. The van der Waals surface area contributed by atoms with Gasteiger partial charge in [-0.15, -0.1) is 0 Å². The summed E-state index contributed by atoms with van der Waals surface area (Å²) in [5, 5.41) is 11.3. The van der Waals surface area contributed by atoms with E-state index in [9.17, 15) is 4.79 Å². The first-order valence-electron chi connectivity index (χ1n) is 5.76. The molecule has 5 nitrogen and oxygen atoms in total. The molecule has 1 unspecified atom stereocenters. The summed E-state index contributed by atoms with van der Waals surface area (Å²) in [6.45, 7) is 4.52. The van der Waals surface area contributed by atoms with E-state index in [-0.39, 0.29) is 5.91 Å². The minimum Gasteiger partial charge on any atom is -0.494 e. The quantitative estimate of drug-likeness (QED) is 0.778. The van der Waals surface area contributed by atoms with Crippen LogP contribution in [0.1, 0.15) is 24.2 Å². The minimum atomic E-state index is -0.932. The Morgan fingerprint density at radius 1 is 1.44 bits per heavy atom. The molecule has 18 heavy (non-hydrogen) atoms. The van der Waals surface area contributed by atoms with Crippen LogP contribution < -0.4 is 10.1 Å². The van der Waals surface area contributed by atoms with Crippen molar-refractivity contribution in [3.05, 3.63) is 29.8 Å². The standard InChI is InChI=1S/C13H16N2O3/c1-3-17-11-7-5-6-10(8-11)13(16)15-12(9-14)18-4-2/h5-8,12H,3-4H2,1-2H3,(H,15,16). The van der Waals surface area contributed by atoms with Crippen LogP contribution in [0, 0.1) is 11.3 Å². The number of ether oxygens (including phenoxy) is 2. The Morgan fingerprint density at radius 2 is 2.22 bits per heavy atom. The van der Waals surface area contributed by atoms with Crippen LogP contribution in [-0.4, -0.2) is 25.3 Å². The van der Waals surface area contributed by atoms with Crippen LogP contribution in [0.2, 0.25) is 0 Å². The lowest BCUT2D eigenvalue weighted by Crippen LogP contribution is -2.35. The number of nitrogens with one attached hydrogen (secondary N) is 1. The smallest absolute Gasteiger partial charge is 0.254 e. The van der Waals surface area contributed by atoms with Crippen molar-refractivity contribution in [1.82, 2.24) is 5.32 Å². The fourth-order valence-corrected chi connectivity index (χ4v) is 1.37. The summed E-state index contributed by atoms with van der Waals surface area (Å²) in [4.78, 5) is 11.8. The topological polar surface area (TPSA) is 71.3 Å². The van der Waals surface area contributed by atoms with E-state index in [0.717, 1.165) is 0 Å². The number of rotatable bonds is 6. The maximum atomic E-state index is 11.8. The molecule has 0 saturated heterocycles. The second kappa shape index (κ2) is 7.30. The van der Waals surface area contributed by atoms with Gasteiger partial charge in [0.05, 0.1) is 6.61 Å². The Balaban J connectivity index is 2.71. The van der Waals surface area contributed by atoms with Gasteiger partial charge in [-0.2, -0.15) is 5.26 Å². The van der Waals surface area contributed by atoms with E-state index in [0.29, 0.717) is 24.5 Å². The van der Waals surface area contributed by atoms with Gasteiger partial charge in [-0.05, 0) is 32.0 Å². The molecule has 0 aliphatic carbocycles. The third kappa shape index (κ3) is 4.07. The van der Waals surface area contributed by atoms with Crippen LogP contribution >= 0.6 is 0 Å². The summed E-state index contributed by atoms with van der Waals surface area (Å²) in [5.74, 6) is 0.256. The van der Waals surface area contributed by atoms with Gasteiger partial charge in [-0.1, -0.05) is 6.07 Å². The maximum Gasteiger partial charge on any atom is 0.254 e. The lowest BCUT2D eigenvalue weighted by molar-refractivity contribution is 0.0615. The highest BCUT2D eigenvalue weighted by Gasteiger charge is 2.13. The maximum absolute atomic E-state index is 11.8. The number of amides is 1. The van der Waals surface area contributed by atoms with Crippen molar-refractivity contribution in [2.75, 3.05) is 13.2 Å². The van der Waals surface area contributed by atoms with Crippen molar-refractivity contribution in [3.8, 4) is 11.8 Å². The molecule has 0 radical (unpaired) electrons. The van der Waals surface area contributed by atoms with Gasteiger partial charge in [0, 0.05) is 12.2 Å². The molecular weight excluding hydrogens is 232 g/mol. The zero-order chi connectivity index (χ0) is 13.4. The average Bonchev–Trinajstić information content (AvgIpc) is 2.39. The van der Waals surface area contributed by atoms with Gasteiger partial charge in [0.2, 0.25) is 6.23 Å². The van der Waals surface area contributed by atoms with Crippen molar-refractivity contribution >= 4 is 5.91 Å². The molecule has 5 heteroatoms. The fourth-order valence-electron chi connectivity index (χ4n) is 1.37. The molecule has 0 aliphatic heterocycles. The minimum absolute atomic E-state index is 0.359. The van der Waals surface area contributed by atoms with Gasteiger partial charge in [-0.3, -0.25) is 4.79 Å². The van der Waals surface area contributed by atoms with Crippen LogP contribution in [0.5, 0.6) is 5.75 Å². The van der Waals surface area contributed by atoms with Crippen molar-refractivity contribution < 1.29 is 14.3 Å². The highest BCUT2D eigenvalue weighted by atomic mass is 16.5. The van der Waals surface area contributed by atoms with Crippen molar-refractivity contribution in [2.45, 2.75) is 20.1 Å². The normalized spacial score (nSPS) is 11.4. The summed E-state index contributed by atoms with van der Waals surface area (Å²) in [6, 6.07) is 8.63. The summed E-state index contributed by atoms with van der Waals surface area (Å²) < 4.78 is 10.3. The van der Waals surface area contributed by atoms with Crippen molar-refractivity contribution in [1.29, 1.82) is 5.26 Å². The van der Waals surface area contributed by atoms with Gasteiger partial charge < -0.3 is 14.8 Å². The van der Waals surface area contributed by atoms with E-state index in [1.807, 2.05) is 13.0 Å². The predicted octanol–water partition coefficient (Wildman–Crippen LogP) is 1.70. The number of hydrogen-bond donors (Lipinski definition) is 1. The molecule has 1 aromatic rings. The highest BCUT2D eigenvalue weighted by Crippen LogP contribution is 2.13. The number of carbonyl (C=O) groups is 1. The lowest BCUT2D eigenvalue weighted by atomic mass is 10.2. The molecule has 1 aromatic carbocycles. The van der Waals surface area contributed by atoms with Gasteiger partial charge >= 0.3 is 0 Å². The molecule has 1 amide bonds. The molecule has 1 N–H and O–H groups in total. The Bertz CT molecular complexity index is 440. The van der Waals surface area contributed by atoms with Gasteiger partial charge in [0.1, 0.15) is 11.8 Å². The van der Waals surface area contributed by atoms with E-state index in [2.05, 4.69) is 5.32 Å². The molecule has 0 bridgehead atoms. The highest BCUT2D eigenvalue weighted by molar-refractivity contribution is 5.94. The predicted molar refractivity (Wildman–Crippen MR) is 66.1 cm³/mol. The fraction of sp³-hybridized carbons (Fsp3) is 0.385. The summed E-state index contributed by atoms with van der Waals surface area (Å²) in [5.41, 5.74) is 0.431. The third-order valence-electron chi connectivity index (χ3n) is 2.12. The molecular formula is C13H16N2O3. The van der Waals surface area contributed by atoms with Gasteiger partial charge in [0.25, 0.3) is 5.91 Å². The zero-order valence-electron chi connectivity index (χ0n) is 10.5. The Hall–Kier alpha value is -2.06. The summed E-state index contributed by atoms with van der Waals surface area (Å²) in [6.07, 6.45) is -0.932. The molecule has 1 atom stereocenters. The number of benzene rings is 1. The SMILES string of the molecule is CCOc1cccc(C(=O)NC(C#N)OCC)c1. The number of nitrogens with zero attached hydrogens (tertiary/aromatic N) is 1.